The first-order chi connectivity index (χ1) is 22.4. The van der Waals surface area contributed by atoms with Gasteiger partial charge in [0.1, 0.15) is 6.61 Å². The molecule has 0 bridgehead atoms. The number of fused-ring (bicyclic) bond motifs is 1. The van der Waals surface area contributed by atoms with Crippen LogP contribution in [0.3, 0.4) is 0 Å². The van der Waals surface area contributed by atoms with Crippen molar-refractivity contribution in [2.45, 2.75) is 19.6 Å². The number of thiazole rings is 1. The number of rotatable bonds is 9. The lowest BCUT2D eigenvalue weighted by Crippen LogP contribution is -2.40. The summed E-state index contributed by atoms with van der Waals surface area (Å²) < 4.78 is 19.3. The molecule has 0 aliphatic carbocycles. The van der Waals surface area contributed by atoms with Crippen LogP contribution in [0, 0.1) is 0 Å². The van der Waals surface area contributed by atoms with Crippen molar-refractivity contribution in [1.29, 1.82) is 0 Å². The van der Waals surface area contributed by atoms with Gasteiger partial charge in [0.25, 0.3) is 5.56 Å². The molecular formula is C36H28Cl2N2O5S. The van der Waals surface area contributed by atoms with E-state index >= 15 is 0 Å². The number of halogens is 2. The molecule has 1 aliphatic rings. The van der Waals surface area contributed by atoms with Gasteiger partial charge in [-0.2, -0.15) is 0 Å². The summed E-state index contributed by atoms with van der Waals surface area (Å²) in [6, 6.07) is 28.6. The van der Waals surface area contributed by atoms with E-state index in [1.165, 1.54) is 11.3 Å². The van der Waals surface area contributed by atoms with Gasteiger partial charge in [-0.05, 0) is 42.8 Å². The molecule has 2 heterocycles. The molecule has 7 nitrogen and oxygen atoms in total. The topological polar surface area (TPSA) is 79.1 Å². The van der Waals surface area contributed by atoms with Gasteiger partial charge in [0, 0.05) is 26.7 Å². The Kier molecular flexibility index (Phi) is 9.40. The summed E-state index contributed by atoms with van der Waals surface area (Å²) in [5, 5.41) is 1.12. The summed E-state index contributed by atoms with van der Waals surface area (Å²) in [6.45, 7) is 2.10. The molecule has 0 amide bonds. The van der Waals surface area contributed by atoms with Crippen molar-refractivity contribution >= 4 is 52.3 Å². The average molecular weight is 672 g/mol. The molecule has 0 unspecified atom stereocenters. The van der Waals surface area contributed by atoms with Crippen LogP contribution in [0.2, 0.25) is 10.0 Å². The lowest BCUT2D eigenvalue weighted by Gasteiger charge is -2.26. The number of carbonyl (C=O) groups is 1. The number of hydrogen-bond acceptors (Lipinski definition) is 7. The van der Waals surface area contributed by atoms with Crippen molar-refractivity contribution in [1.82, 2.24) is 4.57 Å². The molecule has 6 rings (SSSR count). The van der Waals surface area contributed by atoms with E-state index in [-0.39, 0.29) is 24.3 Å². The number of esters is 1. The number of hydrogen-bond donors (Lipinski definition) is 0. The Morgan fingerprint density at radius 3 is 2.41 bits per heavy atom. The van der Waals surface area contributed by atoms with Gasteiger partial charge >= 0.3 is 5.97 Å². The Morgan fingerprint density at radius 2 is 1.70 bits per heavy atom. The predicted octanol–water partition coefficient (Wildman–Crippen LogP) is 6.83. The highest BCUT2D eigenvalue weighted by atomic mass is 35.5. The zero-order valence-corrected chi connectivity index (χ0v) is 27.2. The fourth-order valence-corrected chi connectivity index (χ4v) is 6.58. The maximum absolute atomic E-state index is 14.3. The average Bonchev–Trinajstić information content (AvgIpc) is 3.38. The Balaban J connectivity index is 1.55. The maximum Gasteiger partial charge on any atom is 0.338 e. The van der Waals surface area contributed by atoms with E-state index in [0.29, 0.717) is 47.7 Å². The van der Waals surface area contributed by atoms with Gasteiger partial charge in [0.15, 0.2) is 16.3 Å². The molecule has 46 heavy (non-hydrogen) atoms. The lowest BCUT2D eigenvalue weighted by atomic mass is 9.93. The third-order valence-corrected chi connectivity index (χ3v) is 9.01. The molecule has 5 aromatic rings. The first-order valence-corrected chi connectivity index (χ1v) is 16.0. The zero-order valence-electron chi connectivity index (χ0n) is 24.9. The highest BCUT2D eigenvalue weighted by Gasteiger charge is 2.35. The summed E-state index contributed by atoms with van der Waals surface area (Å²) in [5.41, 5.74) is 3.24. The summed E-state index contributed by atoms with van der Waals surface area (Å²) >= 11 is 13.8. The summed E-state index contributed by atoms with van der Waals surface area (Å²) in [4.78, 5) is 33.3. The van der Waals surface area contributed by atoms with Crippen molar-refractivity contribution in [3.8, 4) is 11.5 Å². The van der Waals surface area contributed by atoms with E-state index in [1.807, 2.05) is 60.7 Å². The van der Waals surface area contributed by atoms with Crippen LogP contribution < -0.4 is 24.4 Å². The molecular weight excluding hydrogens is 643 g/mol. The largest absolute Gasteiger partial charge is 0.493 e. The molecule has 0 saturated heterocycles. The highest BCUT2D eigenvalue weighted by Crippen LogP contribution is 2.36. The van der Waals surface area contributed by atoms with Gasteiger partial charge < -0.3 is 14.2 Å². The Bertz CT molecular complexity index is 2120. The Morgan fingerprint density at radius 1 is 0.957 bits per heavy atom. The van der Waals surface area contributed by atoms with E-state index in [0.717, 1.165) is 11.1 Å². The number of methoxy groups -OCH3 is 1. The molecule has 1 aromatic heterocycles. The molecule has 0 saturated carbocycles. The number of para-hydroxylation sites is 1. The molecule has 1 aliphatic heterocycles. The summed E-state index contributed by atoms with van der Waals surface area (Å²) in [7, 11) is 1.56. The van der Waals surface area contributed by atoms with E-state index < -0.39 is 12.0 Å². The van der Waals surface area contributed by atoms with Crippen LogP contribution in [0.5, 0.6) is 11.5 Å². The van der Waals surface area contributed by atoms with Gasteiger partial charge in [-0.3, -0.25) is 9.36 Å². The Hall–Kier alpha value is -4.63. The smallest absolute Gasteiger partial charge is 0.338 e. The minimum Gasteiger partial charge on any atom is -0.493 e. The van der Waals surface area contributed by atoms with Crippen LogP contribution in [0.1, 0.15) is 35.2 Å². The summed E-state index contributed by atoms with van der Waals surface area (Å²) in [5.74, 6) is 0.410. The lowest BCUT2D eigenvalue weighted by molar-refractivity contribution is -0.138. The molecule has 10 heteroatoms. The van der Waals surface area contributed by atoms with Crippen molar-refractivity contribution in [2.24, 2.45) is 4.99 Å². The van der Waals surface area contributed by atoms with Crippen molar-refractivity contribution in [3.05, 3.63) is 155 Å². The summed E-state index contributed by atoms with van der Waals surface area (Å²) in [6.07, 6.45) is 1.75. The van der Waals surface area contributed by atoms with Crippen LogP contribution in [-0.4, -0.2) is 24.3 Å². The third kappa shape index (κ3) is 6.24. The van der Waals surface area contributed by atoms with Crippen LogP contribution in [0.25, 0.3) is 11.8 Å². The van der Waals surface area contributed by atoms with E-state index in [1.54, 1.807) is 61.1 Å². The van der Waals surface area contributed by atoms with Gasteiger partial charge in [-0.25, -0.2) is 9.79 Å². The fraction of sp³-hybridized carbons (Fsp3) is 0.139. The molecule has 232 valence electrons. The molecule has 0 spiro atoms. The maximum atomic E-state index is 14.3. The van der Waals surface area contributed by atoms with E-state index in [4.69, 9.17) is 42.4 Å². The second-order valence-corrected chi connectivity index (χ2v) is 12.1. The third-order valence-electron chi connectivity index (χ3n) is 7.41. The SMILES string of the molecule is CCOC(=O)C1=C(c2ccccc2)N=c2s/c(=C\c3cccc(OC)c3OCc3ccccc3Cl)c(=O)n2[C@@H]1c1ccc(Cl)cc1. The minimum atomic E-state index is -0.814. The predicted molar refractivity (Wildman–Crippen MR) is 181 cm³/mol. The van der Waals surface area contributed by atoms with Gasteiger partial charge in [0.05, 0.1) is 35.6 Å². The van der Waals surface area contributed by atoms with Crippen LogP contribution in [0.15, 0.2) is 112 Å². The van der Waals surface area contributed by atoms with Gasteiger partial charge in [-0.1, -0.05) is 107 Å². The molecule has 1 atom stereocenters. The van der Waals surface area contributed by atoms with Crippen molar-refractivity contribution in [2.75, 3.05) is 13.7 Å². The fourth-order valence-electron chi connectivity index (χ4n) is 5.27. The van der Waals surface area contributed by atoms with Crippen LogP contribution in [-0.2, 0) is 16.1 Å². The number of aromatic nitrogens is 1. The Labute approximate surface area is 279 Å². The van der Waals surface area contributed by atoms with Gasteiger partial charge in [-0.15, -0.1) is 0 Å². The first-order valence-electron chi connectivity index (χ1n) is 14.5. The van der Waals surface area contributed by atoms with Crippen molar-refractivity contribution in [3.63, 3.8) is 0 Å². The van der Waals surface area contributed by atoms with E-state index in [9.17, 15) is 9.59 Å². The number of ether oxygens (including phenoxy) is 3. The quantitative estimate of drug-likeness (QED) is 0.161. The van der Waals surface area contributed by atoms with Crippen LogP contribution in [0.4, 0.5) is 0 Å². The second-order valence-electron chi connectivity index (χ2n) is 10.2. The molecule has 0 N–H and O–H groups in total. The molecule has 0 radical (unpaired) electrons. The zero-order chi connectivity index (χ0) is 32.2. The molecule has 0 fully saturated rings. The minimum absolute atomic E-state index is 0.162. The number of nitrogens with zero attached hydrogens (tertiary/aromatic N) is 2. The first kappa shape index (κ1) is 31.4. The normalized spacial score (nSPS) is 14.4. The van der Waals surface area contributed by atoms with Gasteiger partial charge in [0.2, 0.25) is 0 Å². The molecule has 4 aromatic carbocycles. The number of carbonyl (C=O) groups excluding carboxylic acids is 1. The monoisotopic (exact) mass is 670 g/mol. The highest BCUT2D eigenvalue weighted by molar-refractivity contribution is 7.07. The standard InChI is InChI=1S/C36H28Cl2N2O5S/c1-3-44-35(42)30-31(22-10-5-4-6-11-22)39-36-40(32(30)23-16-18-26(37)19-17-23)34(41)29(46-36)20-24-13-9-15-28(43-2)33(24)45-21-25-12-7-8-14-27(25)38/h4-20,32H,3,21H2,1-2H3/b29-20-/t32-/m1/s1. The van der Waals surface area contributed by atoms with Crippen molar-refractivity contribution < 1.29 is 19.0 Å². The second kappa shape index (κ2) is 13.8. The van der Waals surface area contributed by atoms with Crippen LogP contribution >= 0.6 is 34.5 Å². The number of benzene rings is 4. The van der Waals surface area contributed by atoms with E-state index in [2.05, 4.69) is 0 Å².